The monoisotopic (exact) mass is 522 g/mol. The fraction of sp³-hybridized carbons (Fsp3) is 0.346. The molecule has 5 rings (SSSR count). The Balaban J connectivity index is 1.23. The summed E-state index contributed by atoms with van der Waals surface area (Å²) in [7, 11) is 0. The Morgan fingerprint density at radius 3 is 2.79 bits per heavy atom. The number of nitrogens with one attached hydrogen (secondary N) is 1. The molecule has 2 aliphatic heterocycles. The quantitative estimate of drug-likeness (QED) is 0.466. The average Bonchev–Trinajstić information content (AvgIpc) is 3.64. The van der Waals surface area contributed by atoms with Crippen molar-refractivity contribution in [1.82, 2.24) is 25.5 Å². The van der Waals surface area contributed by atoms with Crippen LogP contribution in [0.1, 0.15) is 26.5 Å². The first-order valence-electron chi connectivity index (χ1n) is 12.1. The summed E-state index contributed by atoms with van der Waals surface area (Å²) in [5.74, 6) is -0.807. The lowest BCUT2D eigenvalue weighted by Crippen LogP contribution is -2.27. The molecule has 38 heavy (non-hydrogen) atoms. The molecule has 3 aromatic rings. The van der Waals surface area contributed by atoms with Crippen LogP contribution in [0, 0.1) is 11.2 Å². The van der Waals surface area contributed by atoms with Gasteiger partial charge in [-0.25, -0.2) is 13.9 Å². The predicted molar refractivity (Wildman–Crippen MR) is 134 cm³/mol. The molecular weight excluding hydrogens is 495 g/mol. The number of carbonyl (C=O) groups excluding carboxylic acids is 2. The van der Waals surface area contributed by atoms with E-state index in [0.29, 0.717) is 34.8 Å². The smallest absolute Gasteiger partial charge is 0.414 e. The lowest BCUT2D eigenvalue weighted by molar-refractivity contribution is -0.156. The van der Waals surface area contributed by atoms with Crippen molar-refractivity contribution >= 4 is 23.4 Å². The Morgan fingerprint density at radius 2 is 2.11 bits per heavy atom. The van der Waals surface area contributed by atoms with Gasteiger partial charge in [-0.05, 0) is 51.1 Å². The van der Waals surface area contributed by atoms with E-state index < -0.39 is 29.5 Å². The number of aromatic nitrogens is 4. The minimum Gasteiger partial charge on any atom is -0.462 e. The van der Waals surface area contributed by atoms with Crippen LogP contribution in [0.4, 0.5) is 14.9 Å². The predicted octanol–water partition coefficient (Wildman–Crippen LogP) is 3.34. The number of rotatable bonds is 7. The van der Waals surface area contributed by atoms with Crippen molar-refractivity contribution in [2.75, 3.05) is 18.1 Å². The van der Waals surface area contributed by atoms with Crippen LogP contribution in [0.15, 0.2) is 55.0 Å². The number of benzene rings is 1. The standard InChI is InChI=1S/C26H27FN6O5/c1-26(2,3)24(34)36-15-18-11-23(30-38-18)22-7-4-16(12-28-22)20-6-5-17(10-21(20)27)33-14-19(37-25(33)35)13-32-9-8-29-31-32/h4-12,18-19,30H,13-15H2,1-3H3/t18?,19-/m0/s1. The van der Waals surface area contributed by atoms with E-state index in [2.05, 4.69) is 20.8 Å². The summed E-state index contributed by atoms with van der Waals surface area (Å²) in [5, 5.41) is 7.62. The normalized spacial score (nSPS) is 19.2. The number of anilines is 1. The van der Waals surface area contributed by atoms with Gasteiger partial charge in [0.15, 0.2) is 0 Å². The van der Waals surface area contributed by atoms with Crippen LogP contribution in [0.3, 0.4) is 0 Å². The molecule has 0 radical (unpaired) electrons. The van der Waals surface area contributed by atoms with Gasteiger partial charge in [-0.2, -0.15) is 0 Å². The van der Waals surface area contributed by atoms with Crippen LogP contribution >= 0.6 is 0 Å². The topological polar surface area (TPSA) is 121 Å². The number of halogens is 1. The Morgan fingerprint density at radius 1 is 1.26 bits per heavy atom. The molecule has 2 aliphatic rings. The van der Waals surface area contributed by atoms with Crippen LogP contribution in [0.5, 0.6) is 0 Å². The van der Waals surface area contributed by atoms with E-state index in [1.807, 2.05) is 0 Å². The van der Waals surface area contributed by atoms with E-state index in [1.54, 1.807) is 74.4 Å². The van der Waals surface area contributed by atoms with Gasteiger partial charge in [0.2, 0.25) is 0 Å². The summed E-state index contributed by atoms with van der Waals surface area (Å²) < 4.78 is 27.4. The van der Waals surface area contributed by atoms with E-state index in [0.717, 1.165) is 0 Å². The van der Waals surface area contributed by atoms with Crippen molar-refractivity contribution < 1.29 is 28.3 Å². The number of amides is 1. The third-order valence-electron chi connectivity index (χ3n) is 6.02. The summed E-state index contributed by atoms with van der Waals surface area (Å²) in [6.45, 7) is 6.06. The highest BCUT2D eigenvalue weighted by Crippen LogP contribution is 2.30. The van der Waals surface area contributed by atoms with Gasteiger partial charge in [0.25, 0.3) is 0 Å². The zero-order chi connectivity index (χ0) is 26.9. The first-order chi connectivity index (χ1) is 18.2. The second kappa shape index (κ2) is 10.2. The molecule has 1 fully saturated rings. The molecule has 0 bridgehead atoms. The van der Waals surface area contributed by atoms with Gasteiger partial charge in [-0.15, -0.1) is 5.10 Å². The van der Waals surface area contributed by atoms with Crippen molar-refractivity contribution in [1.29, 1.82) is 0 Å². The lowest BCUT2D eigenvalue weighted by atomic mass is 9.97. The largest absolute Gasteiger partial charge is 0.462 e. The first kappa shape index (κ1) is 25.3. The highest BCUT2D eigenvalue weighted by atomic mass is 19.1. The zero-order valence-corrected chi connectivity index (χ0v) is 21.1. The maximum absolute atomic E-state index is 15.1. The number of pyridine rings is 1. The number of hydrogen-bond donors (Lipinski definition) is 1. The highest BCUT2D eigenvalue weighted by Gasteiger charge is 2.33. The van der Waals surface area contributed by atoms with E-state index in [-0.39, 0.29) is 19.1 Å². The number of esters is 1. The third kappa shape index (κ3) is 5.49. The van der Waals surface area contributed by atoms with Crippen molar-refractivity contribution in [3.8, 4) is 11.1 Å². The summed E-state index contributed by atoms with van der Waals surface area (Å²) in [4.78, 5) is 35.6. The molecule has 0 spiro atoms. The molecule has 1 N–H and O–H groups in total. The average molecular weight is 523 g/mol. The first-order valence-corrected chi connectivity index (χ1v) is 12.1. The summed E-state index contributed by atoms with van der Waals surface area (Å²) in [6.07, 6.45) is 5.15. The van der Waals surface area contributed by atoms with Crippen molar-refractivity contribution in [3.05, 3.63) is 66.5 Å². The van der Waals surface area contributed by atoms with Gasteiger partial charge < -0.3 is 9.47 Å². The number of cyclic esters (lactones) is 1. The van der Waals surface area contributed by atoms with Crippen LogP contribution < -0.4 is 10.4 Å². The number of carbonyl (C=O) groups is 2. The Labute approximate surface area is 218 Å². The van der Waals surface area contributed by atoms with Gasteiger partial charge in [-0.3, -0.25) is 25.0 Å². The molecule has 1 unspecified atom stereocenters. The molecule has 1 aromatic carbocycles. The molecular formula is C26H27FN6O5. The Kier molecular flexibility index (Phi) is 6.81. The van der Waals surface area contributed by atoms with Crippen LogP contribution in [0.25, 0.3) is 16.8 Å². The Bertz CT molecular complexity index is 1350. The van der Waals surface area contributed by atoms with Gasteiger partial charge in [0.05, 0.1) is 41.8 Å². The van der Waals surface area contributed by atoms with Crippen LogP contribution in [0.2, 0.25) is 0 Å². The number of ether oxygens (including phenoxy) is 2. The van der Waals surface area contributed by atoms with Crippen LogP contribution in [-0.2, 0) is 25.7 Å². The van der Waals surface area contributed by atoms with Gasteiger partial charge in [0, 0.05) is 23.5 Å². The van der Waals surface area contributed by atoms with E-state index in [4.69, 9.17) is 14.3 Å². The van der Waals surface area contributed by atoms with E-state index in [9.17, 15) is 9.59 Å². The van der Waals surface area contributed by atoms with E-state index in [1.165, 1.54) is 11.0 Å². The molecule has 198 valence electrons. The minimum atomic E-state index is -0.595. The highest BCUT2D eigenvalue weighted by molar-refractivity contribution is 5.90. The molecule has 12 heteroatoms. The molecule has 0 saturated carbocycles. The van der Waals surface area contributed by atoms with Gasteiger partial charge >= 0.3 is 12.1 Å². The summed E-state index contributed by atoms with van der Waals surface area (Å²) in [5.41, 5.74) is 4.72. The van der Waals surface area contributed by atoms with Gasteiger partial charge in [-0.1, -0.05) is 11.3 Å². The molecule has 2 atom stereocenters. The SMILES string of the molecule is CC(C)(C)C(=O)OCC1C=C(c2ccc(-c3ccc(N4C[C@H](Cn5ccnn5)OC4=O)cc3F)cn2)NO1. The second-order valence-electron chi connectivity index (χ2n) is 10.0. The summed E-state index contributed by atoms with van der Waals surface area (Å²) in [6, 6.07) is 8.06. The fourth-order valence-corrected chi connectivity index (χ4v) is 3.97. The van der Waals surface area contributed by atoms with Crippen molar-refractivity contribution in [3.63, 3.8) is 0 Å². The number of hydroxylamine groups is 1. The fourth-order valence-electron chi connectivity index (χ4n) is 3.97. The molecule has 1 saturated heterocycles. The maximum atomic E-state index is 15.1. The van der Waals surface area contributed by atoms with Gasteiger partial charge in [0.1, 0.15) is 24.6 Å². The Hall–Kier alpha value is -4.32. The number of nitrogens with zero attached hydrogens (tertiary/aromatic N) is 5. The minimum absolute atomic E-state index is 0.0774. The molecule has 2 aromatic heterocycles. The van der Waals surface area contributed by atoms with Crippen LogP contribution in [-0.4, -0.2) is 57.4 Å². The summed E-state index contributed by atoms with van der Waals surface area (Å²) >= 11 is 0. The lowest BCUT2D eigenvalue weighted by Gasteiger charge is -2.17. The second-order valence-corrected chi connectivity index (χ2v) is 10.0. The number of hydrogen-bond acceptors (Lipinski definition) is 9. The van der Waals surface area contributed by atoms with Crippen molar-refractivity contribution in [2.45, 2.75) is 39.5 Å². The molecule has 4 heterocycles. The maximum Gasteiger partial charge on any atom is 0.414 e. The molecule has 0 aliphatic carbocycles. The third-order valence-corrected chi connectivity index (χ3v) is 6.02. The van der Waals surface area contributed by atoms with E-state index >= 15 is 4.39 Å². The molecule has 11 nitrogen and oxygen atoms in total. The zero-order valence-electron chi connectivity index (χ0n) is 21.1. The van der Waals surface area contributed by atoms with Crippen molar-refractivity contribution in [2.24, 2.45) is 5.41 Å². The molecule has 1 amide bonds.